The highest BCUT2D eigenvalue weighted by Crippen LogP contribution is 2.31. The summed E-state index contributed by atoms with van der Waals surface area (Å²) in [4.78, 5) is 21.8. The molecule has 1 N–H and O–H groups in total. The van der Waals surface area contributed by atoms with Crippen molar-refractivity contribution >= 4 is 22.9 Å². The van der Waals surface area contributed by atoms with Crippen molar-refractivity contribution in [1.29, 1.82) is 0 Å². The molecule has 0 aliphatic rings. The second-order valence-electron chi connectivity index (χ2n) is 7.34. The van der Waals surface area contributed by atoms with E-state index in [0.717, 1.165) is 21.8 Å². The third-order valence-electron chi connectivity index (χ3n) is 4.64. The number of thiazole rings is 1. The summed E-state index contributed by atoms with van der Waals surface area (Å²) in [6.45, 7) is 5.95. The SMILES string of the molecule is Cc1cccc(-c2nc(C(C)C)no2)c1NC(=O)Cc1csc(-c2ccccc2)n1. The predicted molar refractivity (Wildman–Crippen MR) is 118 cm³/mol. The van der Waals surface area contributed by atoms with Gasteiger partial charge in [0.2, 0.25) is 5.91 Å². The van der Waals surface area contributed by atoms with Crippen LogP contribution in [0, 0.1) is 6.92 Å². The number of para-hydroxylation sites is 1. The number of hydrogen-bond donors (Lipinski definition) is 1. The van der Waals surface area contributed by atoms with Gasteiger partial charge in [-0.2, -0.15) is 4.98 Å². The summed E-state index contributed by atoms with van der Waals surface area (Å²) in [5.74, 6) is 1.06. The number of aromatic nitrogens is 3. The van der Waals surface area contributed by atoms with Gasteiger partial charge in [-0.15, -0.1) is 11.3 Å². The zero-order valence-electron chi connectivity index (χ0n) is 17.0. The van der Waals surface area contributed by atoms with Gasteiger partial charge in [0, 0.05) is 16.9 Å². The quantitative estimate of drug-likeness (QED) is 0.449. The van der Waals surface area contributed by atoms with Gasteiger partial charge in [0.15, 0.2) is 5.82 Å². The molecule has 2 aromatic heterocycles. The minimum Gasteiger partial charge on any atom is -0.334 e. The molecule has 0 saturated carbocycles. The van der Waals surface area contributed by atoms with E-state index in [9.17, 15) is 4.79 Å². The Bertz CT molecular complexity index is 1160. The monoisotopic (exact) mass is 418 g/mol. The van der Waals surface area contributed by atoms with E-state index in [1.165, 1.54) is 11.3 Å². The third-order valence-corrected chi connectivity index (χ3v) is 5.58. The van der Waals surface area contributed by atoms with Crippen LogP contribution in [0.3, 0.4) is 0 Å². The molecule has 0 unspecified atom stereocenters. The molecule has 0 atom stereocenters. The lowest BCUT2D eigenvalue weighted by atomic mass is 10.1. The summed E-state index contributed by atoms with van der Waals surface area (Å²) in [5.41, 5.74) is 4.11. The maximum absolute atomic E-state index is 12.8. The van der Waals surface area contributed by atoms with Gasteiger partial charge in [0.1, 0.15) is 5.01 Å². The number of benzene rings is 2. The van der Waals surface area contributed by atoms with E-state index >= 15 is 0 Å². The number of hydrogen-bond acceptors (Lipinski definition) is 6. The van der Waals surface area contributed by atoms with Gasteiger partial charge in [-0.1, -0.05) is 61.5 Å². The molecular weight excluding hydrogens is 396 g/mol. The fraction of sp³-hybridized carbons (Fsp3) is 0.217. The van der Waals surface area contributed by atoms with Gasteiger partial charge in [-0.25, -0.2) is 4.98 Å². The zero-order chi connectivity index (χ0) is 21.1. The molecule has 0 aliphatic heterocycles. The molecule has 0 fully saturated rings. The van der Waals surface area contributed by atoms with Crippen LogP contribution >= 0.6 is 11.3 Å². The van der Waals surface area contributed by atoms with Gasteiger partial charge in [0.25, 0.3) is 5.89 Å². The van der Waals surface area contributed by atoms with Crippen molar-refractivity contribution in [3.05, 3.63) is 71.0 Å². The molecule has 2 heterocycles. The minimum absolute atomic E-state index is 0.140. The fourth-order valence-corrected chi connectivity index (χ4v) is 3.87. The average Bonchev–Trinajstić information content (AvgIpc) is 3.40. The van der Waals surface area contributed by atoms with E-state index in [1.54, 1.807) is 0 Å². The number of aryl methyl sites for hydroxylation is 1. The second kappa shape index (κ2) is 8.59. The van der Waals surface area contributed by atoms with Crippen molar-refractivity contribution in [1.82, 2.24) is 15.1 Å². The number of anilines is 1. The van der Waals surface area contributed by atoms with Crippen molar-refractivity contribution in [2.75, 3.05) is 5.32 Å². The molecule has 0 bridgehead atoms. The third kappa shape index (κ3) is 4.31. The first kappa shape index (κ1) is 20.0. The Kier molecular flexibility index (Phi) is 5.72. The van der Waals surface area contributed by atoms with E-state index in [0.29, 0.717) is 23.0 Å². The fourth-order valence-electron chi connectivity index (χ4n) is 3.04. The van der Waals surface area contributed by atoms with Gasteiger partial charge in [0.05, 0.1) is 23.4 Å². The zero-order valence-corrected chi connectivity index (χ0v) is 17.9. The predicted octanol–water partition coefficient (Wildman–Crippen LogP) is 5.47. The summed E-state index contributed by atoms with van der Waals surface area (Å²) in [6, 6.07) is 15.7. The summed E-state index contributed by atoms with van der Waals surface area (Å²) in [7, 11) is 0. The lowest BCUT2D eigenvalue weighted by molar-refractivity contribution is -0.115. The van der Waals surface area contributed by atoms with Crippen LogP contribution in [0.4, 0.5) is 5.69 Å². The highest BCUT2D eigenvalue weighted by atomic mass is 32.1. The van der Waals surface area contributed by atoms with E-state index in [-0.39, 0.29) is 18.2 Å². The first-order valence-electron chi connectivity index (χ1n) is 9.74. The van der Waals surface area contributed by atoms with Crippen LogP contribution in [-0.4, -0.2) is 21.0 Å². The Morgan fingerprint density at radius 3 is 2.63 bits per heavy atom. The van der Waals surface area contributed by atoms with Crippen molar-refractivity contribution < 1.29 is 9.32 Å². The number of carbonyl (C=O) groups excluding carboxylic acids is 1. The molecule has 152 valence electrons. The van der Waals surface area contributed by atoms with E-state index < -0.39 is 0 Å². The molecular formula is C23H22N4O2S. The Labute approximate surface area is 179 Å². The Balaban J connectivity index is 1.53. The van der Waals surface area contributed by atoms with Gasteiger partial charge >= 0.3 is 0 Å². The van der Waals surface area contributed by atoms with Crippen LogP contribution < -0.4 is 5.32 Å². The van der Waals surface area contributed by atoms with Crippen LogP contribution in [0.2, 0.25) is 0 Å². The van der Waals surface area contributed by atoms with Gasteiger partial charge < -0.3 is 9.84 Å². The highest BCUT2D eigenvalue weighted by Gasteiger charge is 2.18. The van der Waals surface area contributed by atoms with Gasteiger partial charge in [-0.3, -0.25) is 4.79 Å². The van der Waals surface area contributed by atoms with Crippen LogP contribution in [0.1, 0.15) is 36.8 Å². The molecule has 30 heavy (non-hydrogen) atoms. The molecule has 0 radical (unpaired) electrons. The number of nitrogens with zero attached hydrogens (tertiary/aromatic N) is 3. The van der Waals surface area contributed by atoms with Crippen molar-refractivity contribution in [3.8, 4) is 22.0 Å². The summed E-state index contributed by atoms with van der Waals surface area (Å²) >= 11 is 1.54. The molecule has 4 aromatic rings. The standard InChI is InChI=1S/C23H22N4O2S/c1-14(2)21-26-22(29-27-21)18-11-7-8-15(3)20(18)25-19(28)12-17-13-30-23(24-17)16-9-5-4-6-10-16/h4-11,13-14H,12H2,1-3H3,(H,25,28). The maximum atomic E-state index is 12.8. The highest BCUT2D eigenvalue weighted by molar-refractivity contribution is 7.13. The first-order valence-corrected chi connectivity index (χ1v) is 10.6. The normalized spacial score (nSPS) is 11.1. The maximum Gasteiger partial charge on any atom is 0.260 e. The summed E-state index contributed by atoms with van der Waals surface area (Å²) in [6.07, 6.45) is 0.193. The largest absolute Gasteiger partial charge is 0.334 e. The molecule has 2 aromatic carbocycles. The molecule has 0 spiro atoms. The van der Waals surface area contributed by atoms with Crippen molar-refractivity contribution in [2.45, 2.75) is 33.1 Å². The van der Waals surface area contributed by atoms with Crippen LogP contribution in [0.15, 0.2) is 58.4 Å². The summed E-state index contributed by atoms with van der Waals surface area (Å²) in [5, 5.41) is 9.87. The Morgan fingerprint density at radius 2 is 1.90 bits per heavy atom. The molecule has 1 amide bonds. The summed E-state index contributed by atoms with van der Waals surface area (Å²) < 4.78 is 5.44. The van der Waals surface area contributed by atoms with Crippen molar-refractivity contribution in [2.24, 2.45) is 0 Å². The van der Waals surface area contributed by atoms with E-state index in [2.05, 4.69) is 20.4 Å². The molecule has 0 aliphatic carbocycles. The minimum atomic E-state index is -0.140. The van der Waals surface area contributed by atoms with Crippen LogP contribution in [0.5, 0.6) is 0 Å². The topological polar surface area (TPSA) is 80.9 Å². The number of amides is 1. The smallest absolute Gasteiger partial charge is 0.260 e. The molecule has 0 saturated heterocycles. The average molecular weight is 419 g/mol. The van der Waals surface area contributed by atoms with E-state index in [1.807, 2.05) is 74.7 Å². The Morgan fingerprint density at radius 1 is 1.10 bits per heavy atom. The van der Waals surface area contributed by atoms with E-state index in [4.69, 9.17) is 4.52 Å². The lowest BCUT2D eigenvalue weighted by Gasteiger charge is -2.11. The van der Waals surface area contributed by atoms with Crippen LogP contribution in [-0.2, 0) is 11.2 Å². The molecule has 4 rings (SSSR count). The number of nitrogens with one attached hydrogen (secondary N) is 1. The van der Waals surface area contributed by atoms with Crippen molar-refractivity contribution in [3.63, 3.8) is 0 Å². The van der Waals surface area contributed by atoms with Gasteiger partial charge in [-0.05, 0) is 18.6 Å². The second-order valence-corrected chi connectivity index (χ2v) is 8.20. The number of rotatable bonds is 6. The molecule has 7 heteroatoms. The molecule has 6 nitrogen and oxygen atoms in total. The van der Waals surface area contributed by atoms with Crippen LogP contribution in [0.25, 0.3) is 22.0 Å². The number of carbonyl (C=O) groups is 1. The Hall–Kier alpha value is -3.32. The first-order chi connectivity index (χ1) is 14.5. The lowest BCUT2D eigenvalue weighted by Crippen LogP contribution is -2.16.